The summed E-state index contributed by atoms with van der Waals surface area (Å²) in [5.41, 5.74) is 1.11. The van der Waals surface area contributed by atoms with Crippen LogP contribution in [0.5, 0.6) is 0 Å². The average molecular weight is 1320 g/mol. The summed E-state index contributed by atoms with van der Waals surface area (Å²) in [7, 11) is 3.21. The quantitative estimate of drug-likeness (QED) is 0.149. The lowest BCUT2D eigenvalue weighted by Crippen LogP contribution is -2.59. The molecule has 5 aliphatic heterocycles. The van der Waals surface area contributed by atoms with E-state index >= 15 is 19.2 Å². The number of benzene rings is 2. The molecule has 492 valence electrons. The molecule has 0 bridgehead atoms. The van der Waals surface area contributed by atoms with Crippen molar-refractivity contribution in [2.45, 2.75) is 205 Å². The van der Waals surface area contributed by atoms with E-state index in [1.54, 1.807) is 103 Å². The third-order valence-electron chi connectivity index (χ3n) is 19.2. The molecule has 8 amide bonds. The zero-order valence-corrected chi connectivity index (χ0v) is 58.1. The summed E-state index contributed by atoms with van der Waals surface area (Å²) < 4.78 is 11.2. The fourth-order valence-corrected chi connectivity index (χ4v) is 17.9. The number of likely N-dealkylation sites (N-methyl/N-ethyl adjacent to an activating group) is 2. The summed E-state index contributed by atoms with van der Waals surface area (Å²) in [4.78, 5) is 127. The number of nitrogens with zero attached hydrogens (tertiary/aromatic N) is 6. The third-order valence-corrected chi connectivity index (χ3v) is 22.6. The molecule has 5 fully saturated rings. The van der Waals surface area contributed by atoms with Crippen molar-refractivity contribution in [1.29, 1.82) is 0 Å². The Morgan fingerprint density at radius 3 is 1.26 bits per heavy atom. The summed E-state index contributed by atoms with van der Waals surface area (Å²) in [5.74, 6) is -1.38. The number of nitrogens with one attached hydrogen (secondary N) is 4. The Hall–Kier alpha value is -5.72. The molecule has 0 saturated carbocycles. The van der Waals surface area contributed by atoms with Crippen molar-refractivity contribution in [2.24, 2.45) is 22.7 Å². The predicted molar refractivity (Wildman–Crippen MR) is 357 cm³/mol. The van der Waals surface area contributed by atoms with E-state index in [-0.39, 0.29) is 72.4 Å². The maximum absolute atomic E-state index is 15.2. The van der Waals surface area contributed by atoms with Gasteiger partial charge in [-0.1, -0.05) is 101 Å². The zero-order chi connectivity index (χ0) is 65.7. The Balaban J connectivity index is 0.876. The van der Waals surface area contributed by atoms with Gasteiger partial charge in [0.15, 0.2) is 0 Å². The second-order valence-corrected chi connectivity index (χ2v) is 32.3. The first-order valence-electron chi connectivity index (χ1n) is 31.9. The summed E-state index contributed by atoms with van der Waals surface area (Å²) in [6.45, 7) is 23.4. The summed E-state index contributed by atoms with van der Waals surface area (Å²) in [6, 6.07) is 9.99. The molecule has 0 radical (unpaired) electrons. The Morgan fingerprint density at radius 2 is 0.911 bits per heavy atom. The van der Waals surface area contributed by atoms with Gasteiger partial charge in [-0.3, -0.25) is 28.8 Å². The summed E-state index contributed by atoms with van der Waals surface area (Å²) >= 11 is 14.9. The van der Waals surface area contributed by atoms with Crippen molar-refractivity contribution in [2.75, 3.05) is 51.8 Å². The number of amides is 8. The van der Waals surface area contributed by atoms with Crippen LogP contribution in [0.4, 0.5) is 9.59 Å². The Labute approximate surface area is 550 Å². The Morgan fingerprint density at radius 1 is 0.567 bits per heavy atom. The molecule has 0 aromatic heterocycles. The molecule has 0 unspecified atom stereocenters. The van der Waals surface area contributed by atoms with E-state index in [1.165, 1.54) is 9.80 Å². The maximum Gasteiger partial charge on any atom is 0.410 e. The van der Waals surface area contributed by atoms with Crippen LogP contribution in [-0.4, -0.2) is 197 Å². The zero-order valence-electron chi connectivity index (χ0n) is 54.8. The lowest BCUT2D eigenvalue weighted by molar-refractivity contribution is -0.147. The van der Waals surface area contributed by atoms with Gasteiger partial charge in [0.1, 0.15) is 35.4 Å². The fraction of sp³-hybridized carbons (Fsp3) is 0.667. The minimum absolute atomic E-state index is 0.118. The Kier molecular flexibility index (Phi) is 20.7. The minimum atomic E-state index is -0.868. The second-order valence-electron chi connectivity index (χ2n) is 28.9. The number of hydrogen-bond donors (Lipinski definition) is 4. The van der Waals surface area contributed by atoms with Gasteiger partial charge in [0.25, 0.3) is 0 Å². The molecule has 12 atom stereocenters. The smallest absolute Gasteiger partial charge is 0.410 e. The van der Waals surface area contributed by atoms with Gasteiger partial charge in [0, 0.05) is 40.3 Å². The standard InChI is InChI=1S/C66H94N10O10S4/c1-37(71(13)61(83)85-63(3,4)5)55(87)67-45-27-33-89-47-35-65(9,10)51(75(47)59(45)81)53(77)69-49-41-21-17-15-19-39(41)23-25-43(49)57(79)73-29-31-74(32-30-73)58(80)44-26-24-40-20-16-18-22-42(40)50(44)70-54(78)52-66(11,12)36-48-76(52)60(82)46(28-34-90-48)68-56(88)38(2)72(14)62(84)86-64(6,7)8/h15-22,37-38,43-52H,23-36H2,1-14H3,(H,67,87)(H,68,88)(H,69,77)(H,70,78)/t37-,38-,43+,44+,45-,46-,47-,48-,49-,50-,51+,52+/m0/s1. The van der Waals surface area contributed by atoms with Crippen molar-refractivity contribution in [3.8, 4) is 0 Å². The van der Waals surface area contributed by atoms with E-state index in [9.17, 15) is 19.2 Å². The highest BCUT2D eigenvalue weighted by Gasteiger charge is 2.57. The van der Waals surface area contributed by atoms with Crippen LogP contribution in [-0.2, 0) is 51.1 Å². The number of carbonyl (C=O) groups is 8. The van der Waals surface area contributed by atoms with Gasteiger partial charge < -0.3 is 60.1 Å². The van der Waals surface area contributed by atoms with E-state index in [0.717, 1.165) is 22.3 Å². The number of thiocarbonyl (C=S) groups is 2. The minimum Gasteiger partial charge on any atom is -0.444 e. The summed E-state index contributed by atoms with van der Waals surface area (Å²) in [6.07, 6.45) is 3.22. The van der Waals surface area contributed by atoms with Gasteiger partial charge in [-0.05, 0) is 151 Å². The monoisotopic (exact) mass is 1310 g/mol. The third kappa shape index (κ3) is 14.7. The van der Waals surface area contributed by atoms with Crippen LogP contribution >= 0.6 is 48.0 Å². The molecule has 2 aliphatic carbocycles. The van der Waals surface area contributed by atoms with Crippen LogP contribution < -0.4 is 21.3 Å². The van der Waals surface area contributed by atoms with Crippen LogP contribution in [0, 0.1) is 22.7 Å². The fourth-order valence-electron chi connectivity index (χ4n) is 14.1. The van der Waals surface area contributed by atoms with Gasteiger partial charge in [-0.15, -0.1) is 23.5 Å². The normalized spacial score (nSPS) is 27.8. The molecule has 4 N–H and O–H groups in total. The van der Waals surface area contributed by atoms with Gasteiger partial charge >= 0.3 is 12.2 Å². The lowest BCUT2D eigenvalue weighted by Gasteiger charge is -2.43. The molecule has 24 heteroatoms. The number of fused-ring (bicyclic) bond motifs is 4. The van der Waals surface area contributed by atoms with Crippen LogP contribution in [0.25, 0.3) is 0 Å². The van der Waals surface area contributed by atoms with Gasteiger partial charge in [-0.2, -0.15) is 0 Å². The molecule has 9 rings (SSSR count). The number of ether oxygens (including phenoxy) is 2. The average Bonchev–Trinajstić information content (AvgIpc) is 1.55. The first kappa shape index (κ1) is 68.6. The number of hydrogen-bond acceptors (Lipinski definition) is 14. The highest BCUT2D eigenvalue weighted by Crippen LogP contribution is 2.49. The Bertz CT molecular complexity index is 2920. The van der Waals surface area contributed by atoms with Gasteiger partial charge in [0.05, 0.1) is 56.7 Å². The molecule has 5 heterocycles. The largest absolute Gasteiger partial charge is 0.444 e. The number of carbonyl (C=O) groups excluding carboxylic acids is 8. The second kappa shape index (κ2) is 27.1. The lowest BCUT2D eigenvalue weighted by atomic mass is 9.77. The van der Waals surface area contributed by atoms with Crippen molar-refractivity contribution in [1.82, 2.24) is 50.7 Å². The van der Waals surface area contributed by atoms with E-state index in [0.29, 0.717) is 72.8 Å². The van der Waals surface area contributed by atoms with E-state index in [4.69, 9.17) is 33.9 Å². The number of piperazine rings is 1. The number of thioether (sulfide) groups is 2. The van der Waals surface area contributed by atoms with Crippen molar-refractivity contribution < 1.29 is 47.8 Å². The highest BCUT2D eigenvalue weighted by atomic mass is 32.2. The van der Waals surface area contributed by atoms with Crippen LogP contribution in [0.1, 0.15) is 156 Å². The molecular formula is C66H94N10O10S4. The van der Waals surface area contributed by atoms with E-state index < -0.39 is 94.4 Å². The molecule has 0 spiro atoms. The molecule has 5 saturated heterocycles. The predicted octanol–water partition coefficient (Wildman–Crippen LogP) is 7.76. The van der Waals surface area contributed by atoms with Crippen molar-refractivity contribution in [3.05, 3.63) is 70.8 Å². The topological polar surface area (TPSA) is 223 Å². The van der Waals surface area contributed by atoms with E-state index in [2.05, 4.69) is 21.3 Å². The molecule has 7 aliphatic rings. The van der Waals surface area contributed by atoms with Gasteiger partial charge in [0.2, 0.25) is 35.4 Å². The molecule has 2 aromatic rings. The van der Waals surface area contributed by atoms with Crippen LogP contribution in [0.2, 0.25) is 0 Å². The first-order valence-corrected chi connectivity index (χ1v) is 34.8. The maximum atomic E-state index is 15.2. The molecule has 90 heavy (non-hydrogen) atoms. The highest BCUT2D eigenvalue weighted by molar-refractivity contribution is 8.00. The number of aryl methyl sites for hydroxylation is 2. The SMILES string of the molecule is C[C@@H](C(=S)N[C@H]1CCS[C@H]2CC(C)(C)[C@@H](C(=O)N[C@H]3c4ccccc4CC[C@H]3C(=O)N3CCN(C(=O)[C@@H]4CCc5ccccc5[C@@H]4NC(=O)[C@H]4N5C(=O)[C@@H](NC(=S)[C@H](C)N(C)C(=O)OC(C)(C)C)CCS[C@H]5CC4(C)C)CC3)N2C1=O)N(C)C(=O)OC(C)(C)C. The molecule has 2 aromatic carbocycles. The number of rotatable bonds is 12. The van der Waals surface area contributed by atoms with Crippen LogP contribution in [0.15, 0.2) is 48.5 Å². The van der Waals surface area contributed by atoms with Gasteiger partial charge in [-0.25, -0.2) is 9.59 Å². The van der Waals surface area contributed by atoms with Crippen molar-refractivity contribution in [3.63, 3.8) is 0 Å². The summed E-state index contributed by atoms with van der Waals surface area (Å²) in [5, 5.41) is 12.7. The first-order chi connectivity index (χ1) is 42.2. The molecule has 20 nitrogen and oxygen atoms in total. The van der Waals surface area contributed by atoms with Crippen molar-refractivity contribution >= 4 is 106 Å². The van der Waals surface area contributed by atoms with Crippen LogP contribution in [0.3, 0.4) is 0 Å². The molecular weight excluding hydrogens is 1220 g/mol. The van der Waals surface area contributed by atoms with E-state index in [1.807, 2.05) is 86.0 Å².